The van der Waals surface area contributed by atoms with E-state index in [4.69, 9.17) is 0 Å². The highest BCUT2D eigenvalue weighted by atomic mass is 32.1. The van der Waals surface area contributed by atoms with Gasteiger partial charge in [0.1, 0.15) is 16.9 Å². The van der Waals surface area contributed by atoms with E-state index in [0.717, 1.165) is 23.5 Å². The van der Waals surface area contributed by atoms with Gasteiger partial charge in [-0.05, 0) is 49.4 Å². The first-order chi connectivity index (χ1) is 14.4. The number of benzene rings is 1. The van der Waals surface area contributed by atoms with Crippen LogP contribution in [0.15, 0.2) is 24.3 Å². The van der Waals surface area contributed by atoms with Crippen molar-refractivity contribution in [3.8, 4) is 6.07 Å². The molecule has 0 radical (unpaired) electrons. The highest BCUT2D eigenvalue weighted by Crippen LogP contribution is 2.47. The highest BCUT2D eigenvalue weighted by Gasteiger charge is 2.73. The van der Waals surface area contributed by atoms with Crippen LogP contribution in [0.5, 0.6) is 0 Å². The van der Waals surface area contributed by atoms with Gasteiger partial charge in [-0.3, -0.25) is 4.79 Å². The van der Waals surface area contributed by atoms with Crippen molar-refractivity contribution in [2.45, 2.75) is 43.7 Å². The van der Waals surface area contributed by atoms with E-state index in [0.29, 0.717) is 53.5 Å². The highest BCUT2D eigenvalue weighted by molar-refractivity contribution is 7.16. The number of halogens is 7. The average Bonchev–Trinajstić information content (AvgIpc) is 3.02. The van der Waals surface area contributed by atoms with Gasteiger partial charge in [-0.1, -0.05) is 6.07 Å². The minimum atomic E-state index is -6.05. The van der Waals surface area contributed by atoms with Crippen LogP contribution in [0.1, 0.15) is 39.2 Å². The first kappa shape index (κ1) is 22.9. The molecular weight excluding hydrogens is 451 g/mol. The molecule has 12 heteroatoms. The van der Waals surface area contributed by atoms with Gasteiger partial charge in [0.05, 0.1) is 5.56 Å². The van der Waals surface area contributed by atoms with Gasteiger partial charge in [-0.25, -0.2) is 4.39 Å². The summed E-state index contributed by atoms with van der Waals surface area (Å²) in [6.07, 6.45) is -9.97. The Morgan fingerprint density at radius 1 is 1.06 bits per heavy atom. The van der Waals surface area contributed by atoms with Crippen molar-refractivity contribution in [1.82, 2.24) is 5.32 Å². The monoisotopic (exact) mass is 465 g/mol. The Kier molecular flexibility index (Phi) is 5.92. The number of carbonyl (C=O) groups is 1. The number of anilines is 1. The molecular formula is C19H14F7N3OS. The number of fused-ring (bicyclic) bond motifs is 1. The van der Waals surface area contributed by atoms with E-state index in [1.807, 2.05) is 0 Å². The SMILES string of the molecule is N#Cc1c(NC(NC(=O)c2cccc(F)c2)(C(F)(F)F)C(F)(F)F)sc2c1CCCC2. The lowest BCUT2D eigenvalue weighted by atomic mass is 9.96. The second kappa shape index (κ2) is 8.03. The number of hydrogen-bond donors (Lipinski definition) is 2. The van der Waals surface area contributed by atoms with Crippen LogP contribution in [0, 0.1) is 17.1 Å². The van der Waals surface area contributed by atoms with Crippen molar-refractivity contribution in [3.63, 3.8) is 0 Å². The molecule has 0 unspecified atom stereocenters. The van der Waals surface area contributed by atoms with Crippen molar-refractivity contribution in [2.75, 3.05) is 5.32 Å². The molecule has 0 aliphatic heterocycles. The van der Waals surface area contributed by atoms with Crippen molar-refractivity contribution < 1.29 is 35.5 Å². The zero-order chi connectivity index (χ0) is 23.0. The minimum Gasteiger partial charge on any atom is -0.338 e. The summed E-state index contributed by atoms with van der Waals surface area (Å²) in [6, 6.07) is 4.91. The lowest BCUT2D eigenvalue weighted by Crippen LogP contribution is -2.72. The predicted molar refractivity (Wildman–Crippen MR) is 98.0 cm³/mol. The molecule has 4 nitrogen and oxygen atoms in total. The maximum atomic E-state index is 13.9. The fraction of sp³-hybridized carbons (Fsp3) is 0.368. The van der Waals surface area contributed by atoms with E-state index in [2.05, 4.69) is 0 Å². The summed E-state index contributed by atoms with van der Waals surface area (Å²) in [7, 11) is 0. The molecule has 0 fully saturated rings. The number of hydrogen-bond acceptors (Lipinski definition) is 4. The van der Waals surface area contributed by atoms with Crippen molar-refractivity contribution >= 4 is 22.2 Å². The van der Waals surface area contributed by atoms with Crippen LogP contribution >= 0.6 is 11.3 Å². The molecule has 1 aliphatic carbocycles. The topological polar surface area (TPSA) is 64.9 Å². The van der Waals surface area contributed by atoms with Crippen LogP contribution in [-0.2, 0) is 12.8 Å². The molecule has 2 aromatic rings. The second-order valence-corrected chi connectivity index (χ2v) is 7.97. The number of aryl methyl sites for hydroxylation is 1. The third-order valence-corrected chi connectivity index (χ3v) is 6.03. The normalized spacial score (nSPS) is 14.5. The third kappa shape index (κ3) is 4.19. The zero-order valence-electron chi connectivity index (χ0n) is 15.5. The maximum absolute atomic E-state index is 13.9. The summed E-state index contributed by atoms with van der Waals surface area (Å²) in [4.78, 5) is 12.8. The molecule has 0 spiro atoms. The Balaban J connectivity index is 2.10. The maximum Gasteiger partial charge on any atom is 0.439 e. The molecule has 1 amide bonds. The molecule has 1 aromatic carbocycles. The fourth-order valence-corrected chi connectivity index (χ4v) is 4.59. The molecule has 0 saturated heterocycles. The average molecular weight is 465 g/mol. The zero-order valence-corrected chi connectivity index (χ0v) is 16.4. The number of nitrogens with zero attached hydrogens (tertiary/aromatic N) is 1. The number of amides is 1. The summed E-state index contributed by atoms with van der Waals surface area (Å²) in [5, 5.41) is 11.1. The van der Waals surface area contributed by atoms with Crippen LogP contribution in [-0.4, -0.2) is 23.9 Å². The van der Waals surface area contributed by atoms with Crippen molar-refractivity contribution in [2.24, 2.45) is 0 Å². The van der Waals surface area contributed by atoms with Crippen molar-refractivity contribution in [3.05, 3.63) is 51.7 Å². The van der Waals surface area contributed by atoms with E-state index in [1.54, 1.807) is 6.07 Å². The molecule has 1 aromatic heterocycles. The molecule has 0 saturated carbocycles. The second-order valence-electron chi connectivity index (χ2n) is 6.86. The third-order valence-electron chi connectivity index (χ3n) is 4.82. The van der Waals surface area contributed by atoms with Gasteiger partial charge in [0.2, 0.25) is 0 Å². The molecule has 1 heterocycles. The van der Waals surface area contributed by atoms with Gasteiger partial charge < -0.3 is 10.6 Å². The van der Waals surface area contributed by atoms with Gasteiger partial charge in [-0.15, -0.1) is 11.3 Å². The summed E-state index contributed by atoms with van der Waals surface area (Å²) in [6.45, 7) is 0. The molecule has 31 heavy (non-hydrogen) atoms. The first-order valence-electron chi connectivity index (χ1n) is 8.94. The Labute approximate surface area is 175 Å². The number of rotatable bonds is 4. The molecule has 3 rings (SSSR count). The van der Waals surface area contributed by atoms with E-state index >= 15 is 0 Å². The minimum absolute atomic E-state index is 0.308. The molecule has 0 bridgehead atoms. The summed E-state index contributed by atoms with van der Waals surface area (Å²) < 4.78 is 96.6. The Hall–Kier alpha value is -2.81. The quantitative estimate of drug-likeness (QED) is 0.476. The smallest absolute Gasteiger partial charge is 0.338 e. The molecule has 0 atom stereocenters. The summed E-state index contributed by atoms with van der Waals surface area (Å²) in [5.41, 5.74) is -5.53. The van der Waals surface area contributed by atoms with Gasteiger partial charge in [0.25, 0.3) is 5.91 Å². The fourth-order valence-electron chi connectivity index (χ4n) is 3.29. The molecule has 166 valence electrons. The summed E-state index contributed by atoms with van der Waals surface area (Å²) >= 11 is 0.626. The van der Waals surface area contributed by atoms with Crippen LogP contribution < -0.4 is 10.6 Å². The first-order valence-corrected chi connectivity index (χ1v) is 9.75. The molecule has 2 N–H and O–H groups in total. The predicted octanol–water partition coefficient (Wildman–Crippen LogP) is 5.30. The largest absolute Gasteiger partial charge is 0.439 e. The van der Waals surface area contributed by atoms with E-state index in [1.165, 1.54) is 5.32 Å². The van der Waals surface area contributed by atoms with Crippen LogP contribution in [0.25, 0.3) is 0 Å². The van der Waals surface area contributed by atoms with E-state index < -0.39 is 40.3 Å². The van der Waals surface area contributed by atoms with Crippen molar-refractivity contribution in [1.29, 1.82) is 5.26 Å². The molecule has 1 aliphatic rings. The number of carbonyl (C=O) groups excluding carboxylic acids is 1. The van der Waals surface area contributed by atoms with Crippen LogP contribution in [0.4, 0.5) is 35.7 Å². The standard InChI is InChI=1S/C19H14F7N3OS/c20-11-5-3-4-10(8-11)15(30)28-17(18(21,22)23,19(24,25)26)29-16-13(9-27)12-6-1-2-7-14(12)31-16/h3-5,8,29H,1-2,6-7H2,(H,28,30). The lowest BCUT2D eigenvalue weighted by molar-refractivity contribution is -0.293. The van der Waals surface area contributed by atoms with E-state index in [9.17, 15) is 40.8 Å². The van der Waals surface area contributed by atoms with Gasteiger partial charge in [0, 0.05) is 10.4 Å². The Morgan fingerprint density at radius 3 is 2.29 bits per heavy atom. The number of nitriles is 1. The van der Waals surface area contributed by atoms with Gasteiger partial charge in [-0.2, -0.15) is 31.6 Å². The van der Waals surface area contributed by atoms with Crippen LogP contribution in [0.3, 0.4) is 0 Å². The number of nitrogens with one attached hydrogen (secondary N) is 2. The summed E-state index contributed by atoms with van der Waals surface area (Å²) in [5.74, 6) is -2.80. The Morgan fingerprint density at radius 2 is 1.71 bits per heavy atom. The Bertz CT molecular complexity index is 1020. The van der Waals surface area contributed by atoms with E-state index in [-0.39, 0.29) is 5.56 Å². The van der Waals surface area contributed by atoms with Gasteiger partial charge >= 0.3 is 18.0 Å². The number of alkyl halides is 6. The van der Waals surface area contributed by atoms with Gasteiger partial charge in [0.15, 0.2) is 0 Å². The number of thiophene rings is 1. The lowest BCUT2D eigenvalue weighted by Gasteiger charge is -2.38. The van der Waals surface area contributed by atoms with Crippen LogP contribution in [0.2, 0.25) is 0 Å².